The van der Waals surface area contributed by atoms with Gasteiger partial charge in [-0.05, 0) is 90.8 Å². The molecule has 1 amide bonds. The maximum atomic E-state index is 16.5. The lowest BCUT2D eigenvalue weighted by atomic mass is 9.95. The summed E-state index contributed by atoms with van der Waals surface area (Å²) in [6.07, 6.45) is 1.62. The zero-order valence-corrected chi connectivity index (χ0v) is 31.5. The first-order valence-electron chi connectivity index (χ1n) is 18.7. The molecule has 4 aliphatic heterocycles. The van der Waals surface area contributed by atoms with Crippen LogP contribution in [0.3, 0.4) is 0 Å². The Morgan fingerprint density at radius 3 is 2.42 bits per heavy atom. The van der Waals surface area contributed by atoms with Gasteiger partial charge in [0.15, 0.2) is 5.82 Å². The third-order valence-electron chi connectivity index (χ3n) is 11.4. The molecule has 296 valence electrons. The number of likely N-dealkylation sites (tertiary alicyclic amines) is 1. The van der Waals surface area contributed by atoms with Gasteiger partial charge < -0.3 is 20.3 Å². The molecule has 2 N–H and O–H groups in total. The van der Waals surface area contributed by atoms with E-state index in [0.29, 0.717) is 68.7 Å². The molecule has 8 rings (SSSR count). The van der Waals surface area contributed by atoms with Crippen molar-refractivity contribution in [3.63, 3.8) is 0 Å². The molecule has 4 aliphatic rings. The highest BCUT2D eigenvalue weighted by atomic mass is 19.4. The Morgan fingerprint density at radius 1 is 0.982 bits per heavy atom. The molecule has 11 nitrogen and oxygen atoms in total. The van der Waals surface area contributed by atoms with Crippen molar-refractivity contribution in [3.8, 4) is 17.3 Å². The second-order valence-electron chi connectivity index (χ2n) is 15.0. The number of imidazole rings is 1. The Bertz CT molecular complexity index is 2110. The summed E-state index contributed by atoms with van der Waals surface area (Å²) in [5, 5.41) is 0.250. The number of methoxy groups -OCH3 is 1. The standard InChI is InChI=1S/C31H33F5N8O2.C7H12FN/c1-14-13-44(17(4)38-14)30(45)42-11-9-21(16(42)3)43-10-7-6-8-20-22-27(40-29(46-5)41-28(22)43)25(33)26(39-20)18-12-19(37)24(32)15(2)23(18)31(34,35)36;8-6-4-7-2-1-3-9(7)5-6/h12-13,16,21H,6-11,37H2,1-5H3;6-7H,1-5H2. The number of nitrogen functional groups attached to an aromatic ring is 1. The maximum absolute atomic E-state index is 16.5. The van der Waals surface area contributed by atoms with Crippen molar-refractivity contribution in [1.82, 2.24) is 34.3 Å². The number of anilines is 2. The minimum absolute atomic E-state index is 0.191. The molecule has 4 aromatic rings. The fourth-order valence-electron chi connectivity index (χ4n) is 8.83. The number of hydrogen-bond acceptors (Lipinski definition) is 9. The van der Waals surface area contributed by atoms with Gasteiger partial charge in [0.05, 0.1) is 47.2 Å². The molecule has 3 saturated heterocycles. The largest absolute Gasteiger partial charge is 0.467 e. The predicted molar refractivity (Wildman–Crippen MR) is 195 cm³/mol. The molecule has 0 bridgehead atoms. The Morgan fingerprint density at radius 2 is 1.75 bits per heavy atom. The minimum atomic E-state index is -5.02. The lowest BCUT2D eigenvalue weighted by Gasteiger charge is -2.36. The number of amides is 1. The zero-order valence-electron chi connectivity index (χ0n) is 31.5. The van der Waals surface area contributed by atoms with E-state index in [0.717, 1.165) is 31.6 Å². The first-order chi connectivity index (χ1) is 26.1. The first-order valence-corrected chi connectivity index (χ1v) is 18.7. The van der Waals surface area contributed by atoms with Gasteiger partial charge in [-0.25, -0.2) is 27.9 Å². The van der Waals surface area contributed by atoms with Gasteiger partial charge in [0.1, 0.15) is 34.8 Å². The van der Waals surface area contributed by atoms with Crippen LogP contribution in [-0.2, 0) is 12.6 Å². The van der Waals surface area contributed by atoms with E-state index in [4.69, 9.17) is 10.5 Å². The smallest absolute Gasteiger partial charge is 0.417 e. The summed E-state index contributed by atoms with van der Waals surface area (Å²) in [6.45, 7) is 9.28. The molecule has 0 radical (unpaired) electrons. The fraction of sp³-hybridized carbons (Fsp3) is 0.553. The monoisotopic (exact) mass is 773 g/mol. The van der Waals surface area contributed by atoms with Gasteiger partial charge in [-0.2, -0.15) is 23.1 Å². The van der Waals surface area contributed by atoms with Crippen LogP contribution >= 0.6 is 0 Å². The van der Waals surface area contributed by atoms with Crippen LogP contribution in [0.15, 0.2) is 12.3 Å². The van der Waals surface area contributed by atoms with Crippen LogP contribution in [0.5, 0.6) is 6.01 Å². The average Bonchev–Trinajstić information content (AvgIpc) is 3.89. The van der Waals surface area contributed by atoms with Gasteiger partial charge >= 0.3 is 18.2 Å². The SMILES string of the molecule is COc1nc2c3c(nc(-c4cc(N)c(F)c(C)c4C(F)(F)F)c(F)c3n1)CCCCN2C1CCN(C(=O)n2cc(C)nc2C)C1C.FC1CC2CCCN2C1. The fourth-order valence-corrected chi connectivity index (χ4v) is 8.83. The Labute approximate surface area is 314 Å². The summed E-state index contributed by atoms with van der Waals surface area (Å²) in [4.78, 5) is 37.2. The number of alkyl halides is 4. The van der Waals surface area contributed by atoms with Crippen LogP contribution in [0.2, 0.25) is 0 Å². The zero-order chi connectivity index (χ0) is 39.5. The molecule has 0 aliphatic carbocycles. The van der Waals surface area contributed by atoms with E-state index in [2.05, 4.69) is 24.8 Å². The number of nitrogens with zero attached hydrogens (tertiary/aromatic N) is 8. The van der Waals surface area contributed by atoms with Crippen molar-refractivity contribution in [2.24, 2.45) is 0 Å². The molecule has 0 saturated carbocycles. The van der Waals surface area contributed by atoms with Gasteiger partial charge in [-0.15, -0.1) is 0 Å². The molecule has 7 heterocycles. The van der Waals surface area contributed by atoms with Crippen LogP contribution in [0.25, 0.3) is 22.2 Å². The molecule has 1 aromatic carbocycles. The number of carbonyl (C=O) groups excluding carboxylic acids is 1. The molecule has 4 atom stereocenters. The number of carbonyl (C=O) groups is 1. The molecule has 3 fully saturated rings. The van der Waals surface area contributed by atoms with Crippen molar-refractivity contribution in [2.75, 3.05) is 43.9 Å². The average molecular weight is 774 g/mol. The summed E-state index contributed by atoms with van der Waals surface area (Å²) < 4.78 is 93.4. The quantitative estimate of drug-likeness (QED) is 0.171. The molecule has 55 heavy (non-hydrogen) atoms. The van der Waals surface area contributed by atoms with E-state index in [9.17, 15) is 26.7 Å². The summed E-state index contributed by atoms with van der Waals surface area (Å²) in [5.41, 5.74) is 2.48. The lowest BCUT2D eigenvalue weighted by Crippen LogP contribution is -2.47. The summed E-state index contributed by atoms with van der Waals surface area (Å²) in [5.74, 6) is -1.48. The second-order valence-corrected chi connectivity index (χ2v) is 15.0. The highest BCUT2D eigenvalue weighted by Gasteiger charge is 2.42. The topological polar surface area (TPSA) is 119 Å². The Balaban J connectivity index is 0.000000449. The van der Waals surface area contributed by atoms with E-state index in [1.54, 1.807) is 18.0 Å². The van der Waals surface area contributed by atoms with Crippen LogP contribution in [-0.4, -0.2) is 97.9 Å². The predicted octanol–water partition coefficient (Wildman–Crippen LogP) is 7.17. The number of ether oxygens (including phenoxy) is 1. The summed E-state index contributed by atoms with van der Waals surface area (Å²) in [7, 11) is 1.31. The summed E-state index contributed by atoms with van der Waals surface area (Å²) in [6, 6.07) is 0.451. The van der Waals surface area contributed by atoms with E-state index < -0.39 is 52.1 Å². The summed E-state index contributed by atoms with van der Waals surface area (Å²) >= 11 is 0. The Hall–Kier alpha value is -4.67. The van der Waals surface area contributed by atoms with Gasteiger partial charge in [0, 0.05) is 37.4 Å². The number of aromatic nitrogens is 5. The van der Waals surface area contributed by atoms with Gasteiger partial charge in [0.25, 0.3) is 0 Å². The van der Waals surface area contributed by atoms with Gasteiger partial charge in [-0.1, -0.05) is 0 Å². The number of halogens is 6. The van der Waals surface area contributed by atoms with Crippen molar-refractivity contribution in [3.05, 3.63) is 52.2 Å². The maximum Gasteiger partial charge on any atom is 0.417 e. The lowest BCUT2D eigenvalue weighted by molar-refractivity contribution is -0.137. The van der Waals surface area contributed by atoms with E-state index in [-0.39, 0.29) is 35.0 Å². The van der Waals surface area contributed by atoms with E-state index >= 15 is 4.39 Å². The van der Waals surface area contributed by atoms with Crippen molar-refractivity contribution in [2.45, 2.75) is 103 Å². The van der Waals surface area contributed by atoms with Crippen molar-refractivity contribution >= 4 is 28.4 Å². The number of rotatable bonds is 3. The number of pyridine rings is 1. The van der Waals surface area contributed by atoms with Crippen LogP contribution < -0.4 is 15.4 Å². The molecule has 0 spiro atoms. The second kappa shape index (κ2) is 14.8. The minimum Gasteiger partial charge on any atom is -0.467 e. The van der Waals surface area contributed by atoms with Crippen LogP contribution in [0, 0.1) is 32.4 Å². The molecular weight excluding hydrogens is 728 g/mol. The third-order valence-corrected chi connectivity index (χ3v) is 11.4. The number of nitrogens with two attached hydrogens (primary N) is 1. The van der Waals surface area contributed by atoms with Gasteiger partial charge in [-0.3, -0.25) is 9.47 Å². The highest BCUT2D eigenvalue weighted by molar-refractivity contribution is 5.95. The highest BCUT2D eigenvalue weighted by Crippen LogP contribution is 2.45. The number of hydrogen-bond donors (Lipinski definition) is 1. The number of benzene rings is 1. The van der Waals surface area contributed by atoms with Crippen LogP contribution in [0.4, 0.5) is 42.6 Å². The Kier molecular flexibility index (Phi) is 10.4. The van der Waals surface area contributed by atoms with E-state index in [1.807, 2.05) is 18.7 Å². The normalized spacial score (nSPS) is 22.7. The van der Waals surface area contributed by atoms with Crippen molar-refractivity contribution in [1.29, 1.82) is 0 Å². The third kappa shape index (κ3) is 7.04. The van der Waals surface area contributed by atoms with Crippen molar-refractivity contribution < 1.29 is 35.9 Å². The molecule has 3 aromatic heterocycles. The molecule has 17 heteroatoms. The van der Waals surface area contributed by atoms with E-state index in [1.165, 1.54) is 24.5 Å². The van der Waals surface area contributed by atoms with Gasteiger partial charge in [0.2, 0.25) is 0 Å². The molecular formula is C38H45F6N9O2. The molecule has 4 unspecified atom stereocenters. The van der Waals surface area contributed by atoms with Crippen LogP contribution in [0.1, 0.15) is 73.8 Å². The number of aryl methyl sites for hydroxylation is 3. The number of fused-ring (bicyclic) bond motifs is 1. The first kappa shape index (κ1) is 38.6.